The summed E-state index contributed by atoms with van der Waals surface area (Å²) in [4.78, 5) is 15.9. The molecule has 0 unspecified atom stereocenters. The number of carboxylic acids is 1. The van der Waals surface area contributed by atoms with Crippen LogP contribution in [0.15, 0.2) is 30.3 Å². The molecule has 21 heavy (non-hydrogen) atoms. The third kappa shape index (κ3) is 3.05. The SMILES string of the molecule is O=C(O)c1cc2ccccc2nc1NC1CCS(=O)CC1. The van der Waals surface area contributed by atoms with E-state index in [1.807, 2.05) is 24.3 Å². The van der Waals surface area contributed by atoms with Gasteiger partial charge in [0.25, 0.3) is 0 Å². The Hall–Kier alpha value is -1.95. The van der Waals surface area contributed by atoms with Gasteiger partial charge in [0.1, 0.15) is 11.4 Å². The van der Waals surface area contributed by atoms with Gasteiger partial charge in [-0.1, -0.05) is 18.2 Å². The fourth-order valence-corrected chi connectivity index (χ4v) is 3.82. The Kier molecular flexibility index (Phi) is 3.88. The molecule has 1 fully saturated rings. The summed E-state index contributed by atoms with van der Waals surface area (Å²) >= 11 is 0. The van der Waals surface area contributed by atoms with Gasteiger partial charge in [-0.2, -0.15) is 0 Å². The fourth-order valence-electron chi connectivity index (χ4n) is 2.52. The lowest BCUT2D eigenvalue weighted by Crippen LogP contribution is -2.30. The molecule has 1 aliphatic heterocycles. The van der Waals surface area contributed by atoms with E-state index in [-0.39, 0.29) is 11.6 Å². The first kappa shape index (κ1) is 14.0. The first-order chi connectivity index (χ1) is 10.1. The second kappa shape index (κ2) is 5.81. The molecule has 0 amide bonds. The Morgan fingerprint density at radius 1 is 1.29 bits per heavy atom. The summed E-state index contributed by atoms with van der Waals surface area (Å²) in [5.74, 6) is 0.732. The first-order valence-electron chi connectivity index (χ1n) is 6.88. The molecule has 5 nitrogen and oxygen atoms in total. The Morgan fingerprint density at radius 3 is 2.71 bits per heavy atom. The van der Waals surface area contributed by atoms with Crippen LogP contribution in [0.3, 0.4) is 0 Å². The summed E-state index contributed by atoms with van der Waals surface area (Å²) in [5.41, 5.74) is 0.949. The number of carboxylic acid groups (broad SMARTS) is 1. The summed E-state index contributed by atoms with van der Waals surface area (Å²) in [5, 5.41) is 13.4. The summed E-state index contributed by atoms with van der Waals surface area (Å²) in [7, 11) is -0.732. The van der Waals surface area contributed by atoms with Gasteiger partial charge in [-0.15, -0.1) is 0 Å². The number of anilines is 1. The van der Waals surface area contributed by atoms with E-state index in [2.05, 4.69) is 10.3 Å². The second-order valence-corrected chi connectivity index (χ2v) is 6.85. The number of aromatic carboxylic acids is 1. The van der Waals surface area contributed by atoms with E-state index in [1.165, 1.54) is 0 Å². The van der Waals surface area contributed by atoms with E-state index in [0.29, 0.717) is 17.3 Å². The fraction of sp³-hybridized carbons (Fsp3) is 0.333. The maximum absolute atomic E-state index is 11.4. The molecular weight excluding hydrogens is 288 g/mol. The molecule has 6 heteroatoms. The molecule has 0 atom stereocenters. The number of hydrogen-bond acceptors (Lipinski definition) is 4. The van der Waals surface area contributed by atoms with Gasteiger partial charge in [0, 0.05) is 33.7 Å². The van der Waals surface area contributed by atoms with Crippen LogP contribution in [-0.2, 0) is 10.8 Å². The van der Waals surface area contributed by atoms with Crippen LogP contribution >= 0.6 is 0 Å². The molecule has 1 saturated heterocycles. The average molecular weight is 304 g/mol. The highest BCUT2D eigenvalue weighted by atomic mass is 32.2. The summed E-state index contributed by atoms with van der Waals surface area (Å²) in [6.45, 7) is 0. The van der Waals surface area contributed by atoms with Crippen molar-refractivity contribution in [2.24, 2.45) is 0 Å². The largest absolute Gasteiger partial charge is 0.478 e. The summed E-state index contributed by atoms with van der Waals surface area (Å²) in [6, 6.07) is 9.23. The molecule has 110 valence electrons. The van der Waals surface area contributed by atoms with Crippen LogP contribution in [0.4, 0.5) is 5.82 Å². The molecule has 2 N–H and O–H groups in total. The van der Waals surface area contributed by atoms with Gasteiger partial charge < -0.3 is 10.4 Å². The van der Waals surface area contributed by atoms with Crippen LogP contribution in [0.1, 0.15) is 23.2 Å². The molecule has 1 aromatic heterocycles. The second-order valence-electron chi connectivity index (χ2n) is 5.15. The van der Waals surface area contributed by atoms with Crippen molar-refractivity contribution in [2.75, 3.05) is 16.8 Å². The number of nitrogens with zero attached hydrogens (tertiary/aromatic N) is 1. The molecule has 2 aromatic rings. The lowest BCUT2D eigenvalue weighted by Gasteiger charge is -2.23. The standard InChI is InChI=1S/C15H16N2O3S/c18-15(19)12-9-10-3-1-2-4-13(10)17-14(12)16-11-5-7-21(20)8-6-11/h1-4,9,11H,5-8H2,(H,16,17)(H,18,19). The van der Waals surface area contributed by atoms with Gasteiger partial charge in [0.05, 0.1) is 5.52 Å². The van der Waals surface area contributed by atoms with Crippen LogP contribution in [0.5, 0.6) is 0 Å². The molecule has 1 aliphatic rings. The van der Waals surface area contributed by atoms with Crippen molar-refractivity contribution in [3.8, 4) is 0 Å². The monoisotopic (exact) mass is 304 g/mol. The van der Waals surface area contributed by atoms with E-state index in [9.17, 15) is 14.1 Å². The van der Waals surface area contributed by atoms with Crippen molar-refractivity contribution in [3.63, 3.8) is 0 Å². The predicted octanol–water partition coefficient (Wildman–Crippen LogP) is 2.26. The Labute approximate surface area is 124 Å². The maximum Gasteiger partial charge on any atom is 0.339 e. The molecule has 0 bridgehead atoms. The van der Waals surface area contributed by atoms with E-state index < -0.39 is 16.8 Å². The minimum Gasteiger partial charge on any atom is -0.478 e. The predicted molar refractivity (Wildman–Crippen MR) is 83.2 cm³/mol. The number of aromatic nitrogens is 1. The van der Waals surface area contributed by atoms with Gasteiger partial charge in [-0.25, -0.2) is 9.78 Å². The van der Waals surface area contributed by atoms with Gasteiger partial charge >= 0.3 is 5.97 Å². The van der Waals surface area contributed by atoms with E-state index in [1.54, 1.807) is 6.07 Å². The van der Waals surface area contributed by atoms with Crippen molar-refractivity contribution < 1.29 is 14.1 Å². The number of hydrogen-bond donors (Lipinski definition) is 2. The zero-order valence-corrected chi connectivity index (χ0v) is 12.2. The van der Waals surface area contributed by atoms with Crippen LogP contribution in [0.2, 0.25) is 0 Å². The van der Waals surface area contributed by atoms with Gasteiger partial charge in [-0.3, -0.25) is 4.21 Å². The molecule has 0 aliphatic carbocycles. The minimum absolute atomic E-state index is 0.134. The molecule has 2 heterocycles. The number of rotatable bonds is 3. The highest BCUT2D eigenvalue weighted by Crippen LogP contribution is 2.23. The zero-order valence-electron chi connectivity index (χ0n) is 11.4. The van der Waals surface area contributed by atoms with E-state index >= 15 is 0 Å². The molecule has 0 spiro atoms. The number of pyridine rings is 1. The molecule has 3 rings (SSSR count). The van der Waals surface area contributed by atoms with E-state index in [0.717, 1.165) is 23.7 Å². The van der Waals surface area contributed by atoms with E-state index in [4.69, 9.17) is 0 Å². The number of carbonyl (C=O) groups is 1. The van der Waals surface area contributed by atoms with Crippen LogP contribution in [0.25, 0.3) is 10.9 Å². The highest BCUT2D eigenvalue weighted by Gasteiger charge is 2.21. The number of benzene rings is 1. The van der Waals surface area contributed by atoms with Crippen LogP contribution < -0.4 is 5.32 Å². The number of nitrogens with one attached hydrogen (secondary N) is 1. The number of para-hydroxylation sites is 1. The van der Waals surface area contributed by atoms with Gasteiger partial charge in [0.2, 0.25) is 0 Å². The Balaban J connectivity index is 1.94. The normalized spacial score (nSPS) is 22.1. The van der Waals surface area contributed by atoms with Crippen molar-refractivity contribution in [2.45, 2.75) is 18.9 Å². The molecule has 0 saturated carbocycles. The van der Waals surface area contributed by atoms with Gasteiger partial charge in [0.15, 0.2) is 0 Å². The first-order valence-corrected chi connectivity index (χ1v) is 8.37. The van der Waals surface area contributed by atoms with Gasteiger partial charge in [-0.05, 0) is 25.0 Å². The lowest BCUT2D eigenvalue weighted by atomic mass is 10.1. The number of fused-ring (bicyclic) bond motifs is 1. The minimum atomic E-state index is -0.991. The smallest absolute Gasteiger partial charge is 0.339 e. The van der Waals surface area contributed by atoms with Crippen LogP contribution in [0, 0.1) is 0 Å². The molecule has 1 aromatic carbocycles. The third-order valence-electron chi connectivity index (χ3n) is 3.68. The Morgan fingerprint density at radius 2 is 2.00 bits per heavy atom. The maximum atomic E-state index is 11.4. The molecular formula is C15H16N2O3S. The van der Waals surface area contributed by atoms with Crippen LogP contribution in [-0.4, -0.2) is 37.8 Å². The van der Waals surface area contributed by atoms with Crippen molar-refractivity contribution in [3.05, 3.63) is 35.9 Å². The highest BCUT2D eigenvalue weighted by molar-refractivity contribution is 7.85. The van der Waals surface area contributed by atoms with Crippen molar-refractivity contribution >= 4 is 33.5 Å². The lowest BCUT2D eigenvalue weighted by molar-refractivity contribution is 0.0697. The summed E-state index contributed by atoms with van der Waals surface area (Å²) in [6.07, 6.45) is 1.56. The molecule has 0 radical (unpaired) electrons. The van der Waals surface area contributed by atoms with Crippen molar-refractivity contribution in [1.82, 2.24) is 4.98 Å². The third-order valence-corrected chi connectivity index (χ3v) is 5.07. The van der Waals surface area contributed by atoms with Crippen molar-refractivity contribution in [1.29, 1.82) is 0 Å². The topological polar surface area (TPSA) is 79.3 Å². The average Bonchev–Trinajstić information content (AvgIpc) is 2.48. The summed E-state index contributed by atoms with van der Waals surface area (Å²) < 4.78 is 11.4. The quantitative estimate of drug-likeness (QED) is 0.909. The zero-order chi connectivity index (χ0) is 14.8. The Bertz CT molecular complexity index is 707.